The number of aromatic nitrogens is 5. The Labute approximate surface area is 135 Å². The zero-order valence-corrected chi connectivity index (χ0v) is 13.2. The topological polar surface area (TPSA) is 59.2 Å². The van der Waals surface area contributed by atoms with E-state index in [1.807, 2.05) is 16.8 Å². The molecule has 3 aromatic heterocycles. The van der Waals surface area contributed by atoms with Gasteiger partial charge in [-0.3, -0.25) is 0 Å². The molecule has 22 heavy (non-hydrogen) atoms. The number of fused-ring (bicyclic) bond motifs is 1. The van der Waals surface area contributed by atoms with Crippen LogP contribution in [0.15, 0.2) is 41.5 Å². The molecule has 0 aliphatic carbocycles. The predicted octanol–water partition coefficient (Wildman–Crippen LogP) is 2.38. The molecule has 0 saturated carbocycles. The second-order valence-corrected chi connectivity index (χ2v) is 5.92. The van der Waals surface area contributed by atoms with Crippen molar-refractivity contribution in [3.05, 3.63) is 53.4 Å². The van der Waals surface area contributed by atoms with Crippen molar-refractivity contribution in [1.29, 1.82) is 0 Å². The van der Waals surface area contributed by atoms with Crippen molar-refractivity contribution >= 4 is 32.8 Å². The third-order valence-electron chi connectivity index (χ3n) is 3.67. The van der Waals surface area contributed by atoms with Gasteiger partial charge in [-0.05, 0) is 34.0 Å². The van der Waals surface area contributed by atoms with E-state index >= 15 is 0 Å². The number of nitrogens with zero attached hydrogens (tertiary/aromatic N) is 6. The fraction of sp³-hybridized carbons (Fsp3) is 0.200. The third-order valence-corrected chi connectivity index (χ3v) is 4.10. The highest BCUT2D eigenvalue weighted by Crippen LogP contribution is 2.27. The number of hydrogen-bond acceptors (Lipinski definition) is 5. The molecule has 0 aromatic carbocycles. The maximum absolute atomic E-state index is 4.45. The van der Waals surface area contributed by atoms with E-state index in [1.165, 1.54) is 5.57 Å². The van der Waals surface area contributed by atoms with Gasteiger partial charge in [0.1, 0.15) is 11.8 Å². The molecule has 0 fully saturated rings. The summed E-state index contributed by atoms with van der Waals surface area (Å²) in [6.45, 7) is 1.66. The maximum Gasteiger partial charge on any atom is 0.156 e. The monoisotopic (exact) mass is 355 g/mol. The molecule has 0 bridgehead atoms. The van der Waals surface area contributed by atoms with Gasteiger partial charge in [-0.1, -0.05) is 6.08 Å². The Kier molecular flexibility index (Phi) is 3.34. The molecule has 0 amide bonds. The van der Waals surface area contributed by atoms with Gasteiger partial charge in [0.25, 0.3) is 0 Å². The normalized spacial score (nSPS) is 15.1. The van der Waals surface area contributed by atoms with E-state index in [0.717, 1.165) is 41.1 Å². The lowest BCUT2D eigenvalue weighted by Gasteiger charge is -2.27. The molecule has 109 valence electrons. The van der Waals surface area contributed by atoms with E-state index < -0.39 is 0 Å². The fourth-order valence-corrected chi connectivity index (χ4v) is 3.03. The van der Waals surface area contributed by atoms with Gasteiger partial charge in [0, 0.05) is 42.2 Å². The number of rotatable bonds is 2. The summed E-state index contributed by atoms with van der Waals surface area (Å²) >= 11 is 3.48. The van der Waals surface area contributed by atoms with E-state index in [1.54, 1.807) is 18.7 Å². The highest BCUT2D eigenvalue weighted by molar-refractivity contribution is 9.10. The first-order chi connectivity index (χ1) is 10.8. The van der Waals surface area contributed by atoms with Crippen LogP contribution < -0.4 is 4.90 Å². The summed E-state index contributed by atoms with van der Waals surface area (Å²) < 4.78 is 2.83. The Hall–Kier alpha value is -2.28. The van der Waals surface area contributed by atoms with Crippen molar-refractivity contribution in [2.45, 2.75) is 6.42 Å². The Morgan fingerprint density at radius 2 is 2.05 bits per heavy atom. The number of anilines is 1. The summed E-state index contributed by atoms with van der Waals surface area (Å²) in [5.74, 6) is 1.73. The van der Waals surface area contributed by atoms with Crippen LogP contribution in [0.1, 0.15) is 12.2 Å². The molecule has 4 rings (SSSR count). The SMILES string of the molecule is Brc1cc2c(N3CC=C(c4nc[c]cn4)CC3)ncnn2c1. The van der Waals surface area contributed by atoms with E-state index in [-0.39, 0.29) is 0 Å². The van der Waals surface area contributed by atoms with Crippen molar-refractivity contribution in [2.24, 2.45) is 0 Å². The highest BCUT2D eigenvalue weighted by Gasteiger charge is 2.18. The smallest absolute Gasteiger partial charge is 0.156 e. The van der Waals surface area contributed by atoms with Gasteiger partial charge in [0.15, 0.2) is 11.6 Å². The van der Waals surface area contributed by atoms with Crippen LogP contribution in [0, 0.1) is 6.07 Å². The Morgan fingerprint density at radius 1 is 1.18 bits per heavy atom. The zero-order valence-electron chi connectivity index (χ0n) is 11.6. The van der Waals surface area contributed by atoms with E-state index in [9.17, 15) is 0 Å². The highest BCUT2D eigenvalue weighted by atomic mass is 79.9. The van der Waals surface area contributed by atoms with Crippen molar-refractivity contribution < 1.29 is 0 Å². The molecule has 7 heteroatoms. The summed E-state index contributed by atoms with van der Waals surface area (Å²) in [6, 6.07) is 4.88. The average molecular weight is 356 g/mol. The van der Waals surface area contributed by atoms with Crippen LogP contribution >= 0.6 is 15.9 Å². The second-order valence-electron chi connectivity index (χ2n) is 5.00. The quantitative estimate of drug-likeness (QED) is 0.706. The summed E-state index contributed by atoms with van der Waals surface area (Å²) in [5, 5.41) is 4.23. The standard InChI is InChI=1S/C15H12BrN6/c16-12-8-13-15(19-10-20-22(13)9-12)21-6-2-11(3-7-21)14-17-4-1-5-18-14/h2,4-5,8-10H,3,6-7H2. The first-order valence-electron chi connectivity index (χ1n) is 6.92. The van der Waals surface area contributed by atoms with Crippen LogP contribution in [0.3, 0.4) is 0 Å². The van der Waals surface area contributed by atoms with E-state index in [2.05, 4.69) is 53.0 Å². The average Bonchev–Trinajstić information content (AvgIpc) is 2.96. The molecule has 0 spiro atoms. The number of hydrogen-bond donors (Lipinski definition) is 0. The van der Waals surface area contributed by atoms with Gasteiger partial charge in [0.2, 0.25) is 0 Å². The van der Waals surface area contributed by atoms with Crippen molar-refractivity contribution in [2.75, 3.05) is 18.0 Å². The van der Waals surface area contributed by atoms with Crippen molar-refractivity contribution in [3.8, 4) is 0 Å². The molecule has 6 nitrogen and oxygen atoms in total. The van der Waals surface area contributed by atoms with Crippen molar-refractivity contribution in [3.63, 3.8) is 0 Å². The van der Waals surface area contributed by atoms with Crippen LogP contribution in [0.5, 0.6) is 0 Å². The summed E-state index contributed by atoms with van der Waals surface area (Å²) in [6.07, 6.45) is 9.88. The minimum Gasteiger partial charge on any atom is -0.351 e. The Bertz CT molecular complexity index is 842. The van der Waals surface area contributed by atoms with Crippen LogP contribution in [0.2, 0.25) is 0 Å². The van der Waals surface area contributed by atoms with Crippen LogP contribution in [-0.4, -0.2) is 37.7 Å². The van der Waals surface area contributed by atoms with Gasteiger partial charge >= 0.3 is 0 Å². The van der Waals surface area contributed by atoms with E-state index in [4.69, 9.17) is 0 Å². The molecule has 1 aliphatic rings. The van der Waals surface area contributed by atoms with Gasteiger partial charge in [0.05, 0.1) is 0 Å². The lowest BCUT2D eigenvalue weighted by Crippen LogP contribution is -2.29. The van der Waals surface area contributed by atoms with Gasteiger partial charge in [-0.2, -0.15) is 5.10 Å². The molecule has 0 saturated heterocycles. The third kappa shape index (κ3) is 2.37. The summed E-state index contributed by atoms with van der Waals surface area (Å²) in [7, 11) is 0. The van der Waals surface area contributed by atoms with Gasteiger partial charge in [-0.15, -0.1) is 0 Å². The Balaban J connectivity index is 1.64. The second kappa shape index (κ2) is 5.49. The molecule has 0 atom stereocenters. The molecule has 3 aromatic rings. The minimum atomic E-state index is 0.784. The first kappa shape index (κ1) is 13.4. The van der Waals surface area contributed by atoms with Crippen LogP contribution in [0.4, 0.5) is 5.82 Å². The zero-order chi connectivity index (χ0) is 14.9. The molecule has 0 unspecified atom stereocenters. The summed E-state index contributed by atoms with van der Waals surface area (Å²) in [5.41, 5.74) is 2.17. The van der Waals surface area contributed by atoms with Gasteiger partial charge in [-0.25, -0.2) is 19.5 Å². The lowest BCUT2D eigenvalue weighted by molar-refractivity contribution is 0.794. The lowest BCUT2D eigenvalue weighted by atomic mass is 10.1. The van der Waals surface area contributed by atoms with Gasteiger partial charge < -0.3 is 4.90 Å². The maximum atomic E-state index is 4.45. The molecule has 0 N–H and O–H groups in total. The molecular weight excluding hydrogens is 344 g/mol. The molecule has 1 radical (unpaired) electrons. The molecular formula is C15H12BrN6. The van der Waals surface area contributed by atoms with Crippen molar-refractivity contribution in [1.82, 2.24) is 24.6 Å². The van der Waals surface area contributed by atoms with Crippen LogP contribution in [0.25, 0.3) is 11.1 Å². The van der Waals surface area contributed by atoms with E-state index in [0.29, 0.717) is 0 Å². The molecule has 1 aliphatic heterocycles. The minimum absolute atomic E-state index is 0.784. The fourth-order valence-electron chi connectivity index (χ4n) is 2.62. The summed E-state index contributed by atoms with van der Waals surface area (Å²) in [4.78, 5) is 15.2. The Morgan fingerprint density at radius 3 is 2.82 bits per heavy atom. The first-order valence-corrected chi connectivity index (χ1v) is 7.72. The molecule has 4 heterocycles. The number of halogens is 1. The predicted molar refractivity (Wildman–Crippen MR) is 86.4 cm³/mol. The van der Waals surface area contributed by atoms with Crippen LogP contribution in [-0.2, 0) is 0 Å². The largest absolute Gasteiger partial charge is 0.351 e.